The average molecular weight is 453 g/mol. The highest BCUT2D eigenvalue weighted by Gasteiger charge is 2.42. The van der Waals surface area contributed by atoms with Gasteiger partial charge in [-0.25, -0.2) is 0 Å². The van der Waals surface area contributed by atoms with Crippen molar-refractivity contribution in [2.75, 3.05) is 4.90 Å². The molecule has 2 aromatic carbocycles. The first-order valence-electron chi connectivity index (χ1n) is 11.4. The van der Waals surface area contributed by atoms with Crippen LogP contribution >= 0.6 is 12.2 Å². The lowest BCUT2D eigenvalue weighted by Crippen LogP contribution is -2.30. The predicted octanol–water partition coefficient (Wildman–Crippen LogP) is 6.48. The largest absolute Gasteiger partial charge is 0.351 e. The number of anilines is 1. The van der Waals surface area contributed by atoms with Crippen molar-refractivity contribution in [2.24, 2.45) is 0 Å². The first-order valence-corrected chi connectivity index (χ1v) is 11.8. The van der Waals surface area contributed by atoms with Crippen molar-refractivity contribution < 1.29 is 0 Å². The number of aryl methyl sites for hydroxylation is 1. The summed E-state index contributed by atoms with van der Waals surface area (Å²) >= 11 is 5.89. The number of nitrogens with one attached hydrogen (secondary N) is 1. The van der Waals surface area contributed by atoms with E-state index in [1.165, 1.54) is 11.1 Å². The molecule has 0 saturated carbocycles. The molecule has 4 aromatic rings. The number of pyridine rings is 1. The highest BCUT2D eigenvalue weighted by Crippen LogP contribution is 2.42. The SMILES string of the molecule is Cc1ccc(-n2cccc2[C@@H]2[C@H](c3ccccn3)NC(=S)N2c2ccc(C(C)C)cc2)cc1. The van der Waals surface area contributed by atoms with E-state index in [2.05, 4.69) is 113 Å². The highest BCUT2D eigenvalue weighted by atomic mass is 32.1. The van der Waals surface area contributed by atoms with Gasteiger partial charge in [0.2, 0.25) is 0 Å². The van der Waals surface area contributed by atoms with Gasteiger partial charge in [0.25, 0.3) is 0 Å². The summed E-state index contributed by atoms with van der Waals surface area (Å²) in [4.78, 5) is 6.91. The fourth-order valence-electron chi connectivity index (χ4n) is 4.53. The van der Waals surface area contributed by atoms with Crippen LogP contribution in [0.2, 0.25) is 0 Å². The van der Waals surface area contributed by atoms with Gasteiger partial charge in [0, 0.05) is 29.5 Å². The smallest absolute Gasteiger partial charge is 0.174 e. The Morgan fingerprint density at radius 2 is 1.61 bits per heavy atom. The average Bonchev–Trinajstić information content (AvgIpc) is 3.44. The minimum Gasteiger partial charge on any atom is -0.351 e. The van der Waals surface area contributed by atoms with Gasteiger partial charge in [0.05, 0.1) is 11.7 Å². The quantitative estimate of drug-likeness (QED) is 0.351. The van der Waals surface area contributed by atoms with Crippen LogP contribution in [0.15, 0.2) is 91.3 Å². The summed E-state index contributed by atoms with van der Waals surface area (Å²) < 4.78 is 2.26. The van der Waals surface area contributed by atoms with E-state index in [1.807, 2.05) is 18.3 Å². The second-order valence-corrected chi connectivity index (χ2v) is 9.27. The first-order chi connectivity index (χ1) is 16.0. The zero-order valence-electron chi connectivity index (χ0n) is 19.1. The first kappa shape index (κ1) is 21.4. The number of hydrogen-bond donors (Lipinski definition) is 1. The van der Waals surface area contributed by atoms with Crippen LogP contribution in [-0.2, 0) is 0 Å². The highest BCUT2D eigenvalue weighted by molar-refractivity contribution is 7.80. The van der Waals surface area contributed by atoms with Gasteiger partial charge in [-0.3, -0.25) is 4.98 Å². The molecule has 4 nitrogen and oxygen atoms in total. The Balaban J connectivity index is 1.63. The third-order valence-electron chi connectivity index (χ3n) is 6.33. The van der Waals surface area contributed by atoms with E-state index in [-0.39, 0.29) is 12.1 Å². The van der Waals surface area contributed by atoms with Crippen LogP contribution in [0.25, 0.3) is 5.69 Å². The van der Waals surface area contributed by atoms with Crippen LogP contribution in [-0.4, -0.2) is 14.7 Å². The molecule has 0 bridgehead atoms. The van der Waals surface area contributed by atoms with Crippen LogP contribution in [0.1, 0.15) is 54.4 Å². The summed E-state index contributed by atoms with van der Waals surface area (Å²) in [5.74, 6) is 0.485. The lowest BCUT2D eigenvalue weighted by molar-refractivity contribution is 0.549. The number of hydrogen-bond acceptors (Lipinski definition) is 2. The Labute approximate surface area is 200 Å². The molecule has 0 spiro atoms. The minimum absolute atomic E-state index is 0.0476. The molecule has 5 rings (SSSR count). The van der Waals surface area contributed by atoms with E-state index in [1.54, 1.807) is 0 Å². The zero-order chi connectivity index (χ0) is 22.9. The maximum atomic E-state index is 5.89. The Morgan fingerprint density at radius 1 is 0.879 bits per heavy atom. The molecule has 0 aliphatic carbocycles. The predicted molar refractivity (Wildman–Crippen MR) is 139 cm³/mol. The van der Waals surface area contributed by atoms with Crippen LogP contribution in [0.4, 0.5) is 5.69 Å². The molecular weight excluding hydrogens is 424 g/mol. The van der Waals surface area contributed by atoms with Gasteiger partial charge in [-0.1, -0.05) is 49.7 Å². The molecule has 0 radical (unpaired) electrons. The molecule has 5 heteroatoms. The lowest BCUT2D eigenvalue weighted by atomic mass is 9.99. The van der Waals surface area contributed by atoms with E-state index in [0.29, 0.717) is 11.0 Å². The van der Waals surface area contributed by atoms with Crippen molar-refractivity contribution in [1.82, 2.24) is 14.9 Å². The van der Waals surface area contributed by atoms with Crippen LogP contribution < -0.4 is 10.2 Å². The van der Waals surface area contributed by atoms with Crippen molar-refractivity contribution in [1.29, 1.82) is 0 Å². The summed E-state index contributed by atoms with van der Waals surface area (Å²) in [6.07, 6.45) is 3.97. The molecular formula is C28H28N4S. The normalized spacial score (nSPS) is 18.1. The van der Waals surface area contributed by atoms with Crippen molar-refractivity contribution in [3.05, 3.63) is 114 Å². The van der Waals surface area contributed by atoms with Gasteiger partial charge in [-0.05, 0) is 79.2 Å². The van der Waals surface area contributed by atoms with Crippen LogP contribution in [0, 0.1) is 6.92 Å². The summed E-state index contributed by atoms with van der Waals surface area (Å²) in [5.41, 5.74) is 6.91. The molecule has 1 aliphatic heterocycles. The Morgan fingerprint density at radius 3 is 2.27 bits per heavy atom. The van der Waals surface area contributed by atoms with E-state index >= 15 is 0 Å². The Hall–Kier alpha value is -3.44. The topological polar surface area (TPSA) is 33.1 Å². The third kappa shape index (κ3) is 4.05. The summed E-state index contributed by atoms with van der Waals surface area (Å²) in [6, 6.07) is 27.6. The second kappa shape index (κ2) is 8.83. The Kier molecular flexibility index (Phi) is 5.73. The molecule has 1 saturated heterocycles. The molecule has 2 aromatic heterocycles. The maximum absolute atomic E-state index is 5.89. The van der Waals surface area contributed by atoms with Crippen LogP contribution in [0.3, 0.4) is 0 Å². The minimum atomic E-state index is -0.0671. The molecule has 2 atom stereocenters. The zero-order valence-corrected chi connectivity index (χ0v) is 20.0. The fourth-order valence-corrected chi connectivity index (χ4v) is 4.87. The summed E-state index contributed by atoms with van der Waals surface area (Å²) in [7, 11) is 0. The van der Waals surface area contributed by atoms with Crippen LogP contribution in [0.5, 0.6) is 0 Å². The van der Waals surface area contributed by atoms with Crippen molar-refractivity contribution >= 4 is 23.0 Å². The fraction of sp³-hybridized carbons (Fsp3) is 0.214. The van der Waals surface area contributed by atoms with Gasteiger partial charge < -0.3 is 14.8 Å². The standard InChI is InChI=1S/C28H28N4S/c1-19(2)21-11-15-23(16-12-21)32-27(26(30-28(32)33)24-7-4-5-17-29-24)25-8-6-18-31(25)22-13-9-20(3)10-14-22/h4-19,26-27H,1-3H3,(H,30,33)/t26-,27+/m0/s1. The Bertz CT molecular complexity index is 1240. The molecule has 0 amide bonds. The van der Waals surface area contributed by atoms with Crippen molar-refractivity contribution in [3.8, 4) is 5.69 Å². The number of benzene rings is 2. The third-order valence-corrected chi connectivity index (χ3v) is 6.65. The van der Waals surface area contributed by atoms with E-state index in [9.17, 15) is 0 Å². The maximum Gasteiger partial charge on any atom is 0.174 e. The molecule has 1 aliphatic rings. The summed E-state index contributed by atoms with van der Waals surface area (Å²) in [6.45, 7) is 6.54. The molecule has 0 unspecified atom stereocenters. The van der Waals surface area contributed by atoms with E-state index in [0.717, 1.165) is 22.8 Å². The van der Waals surface area contributed by atoms with Gasteiger partial charge >= 0.3 is 0 Å². The van der Waals surface area contributed by atoms with E-state index in [4.69, 9.17) is 12.2 Å². The van der Waals surface area contributed by atoms with Gasteiger partial charge in [-0.15, -0.1) is 0 Å². The van der Waals surface area contributed by atoms with Crippen molar-refractivity contribution in [2.45, 2.75) is 38.8 Å². The molecule has 33 heavy (non-hydrogen) atoms. The number of rotatable bonds is 5. The second-order valence-electron chi connectivity index (χ2n) is 8.88. The van der Waals surface area contributed by atoms with Crippen molar-refractivity contribution in [3.63, 3.8) is 0 Å². The van der Waals surface area contributed by atoms with Gasteiger partial charge in [0.15, 0.2) is 5.11 Å². The molecule has 166 valence electrons. The van der Waals surface area contributed by atoms with Gasteiger partial charge in [0.1, 0.15) is 6.04 Å². The molecule has 3 heterocycles. The summed E-state index contributed by atoms with van der Waals surface area (Å²) in [5, 5.41) is 4.28. The molecule has 1 N–H and O–H groups in total. The van der Waals surface area contributed by atoms with Gasteiger partial charge in [-0.2, -0.15) is 0 Å². The number of thiocarbonyl (C=S) groups is 1. The number of aromatic nitrogens is 2. The van der Waals surface area contributed by atoms with E-state index < -0.39 is 0 Å². The lowest BCUT2D eigenvalue weighted by Gasteiger charge is -2.29. The number of nitrogens with zero attached hydrogens (tertiary/aromatic N) is 3. The monoisotopic (exact) mass is 452 g/mol. The molecule has 1 fully saturated rings.